The molecule has 2 aromatic rings. The van der Waals surface area contributed by atoms with E-state index in [0.29, 0.717) is 17.7 Å². The summed E-state index contributed by atoms with van der Waals surface area (Å²) in [6.45, 7) is 3.77. The number of para-hydroxylation sites is 1. The molecule has 1 amide bonds. The summed E-state index contributed by atoms with van der Waals surface area (Å²) in [6, 6.07) is 16.7. The van der Waals surface area contributed by atoms with Crippen LogP contribution in [0.5, 0.6) is 5.75 Å². The summed E-state index contributed by atoms with van der Waals surface area (Å²) in [5.41, 5.74) is 0.460. The zero-order valence-corrected chi connectivity index (χ0v) is 13.6. The number of carbonyl (C=O) groups excluding carboxylic acids is 2. The number of fused-ring (bicyclic) bond motifs is 3. The number of esters is 1. The van der Waals surface area contributed by atoms with E-state index in [1.165, 1.54) is 4.90 Å². The predicted molar refractivity (Wildman–Crippen MR) is 90.8 cm³/mol. The highest BCUT2D eigenvalue weighted by Gasteiger charge is 2.60. The van der Waals surface area contributed by atoms with E-state index in [9.17, 15) is 9.59 Å². The molecule has 4 rings (SSSR count). The van der Waals surface area contributed by atoms with Crippen molar-refractivity contribution in [1.29, 1.82) is 0 Å². The fraction of sp³-hybridized carbons (Fsp3) is 0.200. The van der Waals surface area contributed by atoms with Gasteiger partial charge in [0.1, 0.15) is 5.75 Å². The van der Waals surface area contributed by atoms with Crippen molar-refractivity contribution in [2.45, 2.75) is 24.6 Å². The lowest BCUT2D eigenvalue weighted by atomic mass is 9.86. The molecule has 5 nitrogen and oxygen atoms in total. The molecule has 0 N–H and O–H groups in total. The Balaban J connectivity index is 1.81. The Morgan fingerprint density at radius 3 is 2.56 bits per heavy atom. The van der Waals surface area contributed by atoms with Crippen LogP contribution in [-0.2, 0) is 16.0 Å². The maximum absolute atomic E-state index is 12.9. The van der Waals surface area contributed by atoms with E-state index >= 15 is 0 Å². The first-order chi connectivity index (χ1) is 12.2. The normalized spacial score (nSPS) is 24.2. The molecule has 2 heterocycles. The highest BCUT2D eigenvalue weighted by atomic mass is 16.6. The van der Waals surface area contributed by atoms with Gasteiger partial charge in [-0.3, -0.25) is 0 Å². The second-order valence-electron chi connectivity index (χ2n) is 6.22. The fourth-order valence-electron chi connectivity index (χ4n) is 3.56. The summed E-state index contributed by atoms with van der Waals surface area (Å²) in [4.78, 5) is 27.0. The van der Waals surface area contributed by atoms with Gasteiger partial charge in [0, 0.05) is 6.42 Å². The average molecular weight is 335 g/mol. The summed E-state index contributed by atoms with van der Waals surface area (Å²) in [6.07, 6.45) is 0.919. The molecular formula is C20H17NO4. The molecule has 0 unspecified atom stereocenters. The first-order valence-electron chi connectivity index (χ1n) is 8.12. The predicted octanol–water partition coefficient (Wildman–Crippen LogP) is 3.61. The first-order valence-corrected chi connectivity index (χ1v) is 8.12. The largest absolute Gasteiger partial charge is 0.435 e. The van der Waals surface area contributed by atoms with Crippen molar-refractivity contribution in [1.82, 2.24) is 4.90 Å². The lowest BCUT2D eigenvalue weighted by molar-refractivity contribution is -0.145. The van der Waals surface area contributed by atoms with Crippen molar-refractivity contribution in [2.24, 2.45) is 0 Å². The maximum atomic E-state index is 12.9. The third kappa shape index (κ3) is 2.31. The molecule has 2 aliphatic rings. The Morgan fingerprint density at radius 1 is 1.08 bits per heavy atom. The van der Waals surface area contributed by atoms with Gasteiger partial charge in [-0.25, -0.2) is 14.5 Å². The van der Waals surface area contributed by atoms with Gasteiger partial charge in [0.2, 0.25) is 6.23 Å². The Labute approximate surface area is 145 Å². The minimum absolute atomic E-state index is 0.286. The van der Waals surface area contributed by atoms with E-state index in [0.717, 1.165) is 5.56 Å². The van der Waals surface area contributed by atoms with E-state index in [-0.39, 0.29) is 6.42 Å². The number of benzene rings is 2. The van der Waals surface area contributed by atoms with Crippen LogP contribution in [0.4, 0.5) is 4.79 Å². The second kappa shape index (κ2) is 5.77. The molecule has 1 fully saturated rings. The minimum Gasteiger partial charge on any atom is -0.435 e. The van der Waals surface area contributed by atoms with Gasteiger partial charge in [-0.05, 0) is 24.1 Å². The number of hydrogen-bond donors (Lipinski definition) is 0. The van der Waals surface area contributed by atoms with Crippen LogP contribution in [0, 0.1) is 0 Å². The highest BCUT2D eigenvalue weighted by Crippen LogP contribution is 2.47. The van der Waals surface area contributed by atoms with Crippen LogP contribution in [-0.4, -0.2) is 22.5 Å². The van der Waals surface area contributed by atoms with Crippen molar-refractivity contribution in [3.8, 4) is 5.75 Å². The van der Waals surface area contributed by atoms with Crippen LogP contribution in [0.3, 0.4) is 0 Å². The molecule has 0 saturated carbocycles. The van der Waals surface area contributed by atoms with Crippen molar-refractivity contribution in [2.75, 3.05) is 0 Å². The standard InChI is InChI=1S/C20H17NO4/c1-2-12-20(13-14-8-4-3-5-9-14)18(22)25-17-15-10-6-7-11-16(15)24-19(23)21(17)20/h2-11,17H,1,12-13H2/t17-,20-/m1/s1. The number of ether oxygens (including phenoxy) is 2. The zero-order chi connectivity index (χ0) is 17.4. The average Bonchev–Trinajstić information content (AvgIpc) is 2.89. The summed E-state index contributed by atoms with van der Waals surface area (Å²) in [5.74, 6) is -0.00873. The topological polar surface area (TPSA) is 55.8 Å². The molecule has 25 heavy (non-hydrogen) atoms. The summed E-state index contributed by atoms with van der Waals surface area (Å²) >= 11 is 0. The van der Waals surface area contributed by atoms with Crippen molar-refractivity contribution in [3.63, 3.8) is 0 Å². The number of carbonyl (C=O) groups is 2. The van der Waals surface area contributed by atoms with E-state index in [4.69, 9.17) is 9.47 Å². The van der Waals surface area contributed by atoms with Crippen molar-refractivity contribution < 1.29 is 19.1 Å². The van der Waals surface area contributed by atoms with Crippen LogP contribution in [0.1, 0.15) is 23.8 Å². The summed E-state index contributed by atoms with van der Waals surface area (Å²) in [7, 11) is 0. The monoisotopic (exact) mass is 335 g/mol. The quantitative estimate of drug-likeness (QED) is 0.633. The lowest BCUT2D eigenvalue weighted by Gasteiger charge is -2.37. The molecule has 2 aliphatic heterocycles. The molecular weight excluding hydrogens is 318 g/mol. The lowest BCUT2D eigenvalue weighted by Crippen LogP contribution is -2.55. The van der Waals surface area contributed by atoms with Crippen LogP contribution >= 0.6 is 0 Å². The Bertz CT molecular complexity index is 848. The number of rotatable bonds is 4. The third-order valence-electron chi connectivity index (χ3n) is 4.69. The number of nitrogens with zero attached hydrogens (tertiary/aromatic N) is 1. The van der Waals surface area contributed by atoms with E-state index in [1.54, 1.807) is 24.3 Å². The summed E-state index contributed by atoms with van der Waals surface area (Å²) in [5, 5.41) is 0. The Hall–Kier alpha value is -3.08. The SMILES string of the molecule is C=CC[C@@]1(Cc2ccccc2)C(=O)O[C@@H]2c3ccccc3OC(=O)N21. The van der Waals surface area contributed by atoms with Gasteiger partial charge >= 0.3 is 12.1 Å². The van der Waals surface area contributed by atoms with Gasteiger partial charge in [0.15, 0.2) is 5.54 Å². The molecule has 0 aliphatic carbocycles. The van der Waals surface area contributed by atoms with Crippen molar-refractivity contribution >= 4 is 12.1 Å². The van der Waals surface area contributed by atoms with E-state index < -0.39 is 23.8 Å². The molecule has 126 valence electrons. The van der Waals surface area contributed by atoms with Gasteiger partial charge in [0.05, 0.1) is 5.56 Å². The van der Waals surface area contributed by atoms with E-state index in [1.807, 2.05) is 36.4 Å². The zero-order valence-electron chi connectivity index (χ0n) is 13.6. The molecule has 0 aromatic heterocycles. The van der Waals surface area contributed by atoms with Gasteiger partial charge < -0.3 is 9.47 Å². The molecule has 2 aromatic carbocycles. The first kappa shape index (κ1) is 15.4. The minimum atomic E-state index is -1.15. The van der Waals surface area contributed by atoms with Gasteiger partial charge in [-0.2, -0.15) is 0 Å². The molecule has 2 atom stereocenters. The maximum Gasteiger partial charge on any atom is 0.419 e. The molecule has 0 spiro atoms. The number of hydrogen-bond acceptors (Lipinski definition) is 4. The van der Waals surface area contributed by atoms with Crippen LogP contribution < -0.4 is 4.74 Å². The third-order valence-corrected chi connectivity index (χ3v) is 4.69. The Morgan fingerprint density at radius 2 is 1.80 bits per heavy atom. The molecule has 0 radical (unpaired) electrons. The number of amides is 1. The molecule has 5 heteroatoms. The van der Waals surface area contributed by atoms with Crippen molar-refractivity contribution in [3.05, 3.63) is 78.4 Å². The Kier molecular flexibility index (Phi) is 3.57. The van der Waals surface area contributed by atoms with Crippen LogP contribution in [0.15, 0.2) is 67.3 Å². The molecule has 0 bridgehead atoms. The summed E-state index contributed by atoms with van der Waals surface area (Å²) < 4.78 is 11.1. The van der Waals surface area contributed by atoms with Gasteiger partial charge in [-0.15, -0.1) is 6.58 Å². The van der Waals surface area contributed by atoms with Gasteiger partial charge in [-0.1, -0.05) is 48.5 Å². The molecule has 1 saturated heterocycles. The van der Waals surface area contributed by atoms with Gasteiger partial charge in [0.25, 0.3) is 0 Å². The smallest absolute Gasteiger partial charge is 0.419 e. The van der Waals surface area contributed by atoms with Crippen LogP contribution in [0.2, 0.25) is 0 Å². The fourth-order valence-corrected chi connectivity index (χ4v) is 3.56. The second-order valence-corrected chi connectivity index (χ2v) is 6.22. The van der Waals surface area contributed by atoms with E-state index in [2.05, 4.69) is 6.58 Å². The highest BCUT2D eigenvalue weighted by molar-refractivity contribution is 5.91. The van der Waals surface area contributed by atoms with Crippen LogP contribution in [0.25, 0.3) is 0 Å².